The average Bonchev–Trinajstić information content (AvgIpc) is 2.48. The summed E-state index contributed by atoms with van der Waals surface area (Å²) in [4.78, 5) is 2.47. The van der Waals surface area contributed by atoms with Gasteiger partial charge in [0, 0.05) is 25.3 Å². The monoisotopic (exact) mass is 260 g/mol. The molecule has 0 atom stereocenters. The predicted octanol–water partition coefficient (Wildman–Crippen LogP) is 3.96. The zero-order chi connectivity index (χ0) is 13.5. The number of hydrogen-bond donors (Lipinski definition) is 1. The van der Waals surface area contributed by atoms with Crippen molar-refractivity contribution in [1.82, 2.24) is 5.32 Å². The quantitative estimate of drug-likeness (QED) is 0.779. The highest BCUT2D eigenvalue weighted by Crippen LogP contribution is 2.26. The molecule has 19 heavy (non-hydrogen) atoms. The molecule has 2 rings (SSSR count). The second-order valence-electron chi connectivity index (χ2n) is 5.75. The van der Waals surface area contributed by atoms with Crippen LogP contribution in [0.3, 0.4) is 0 Å². The third-order valence-corrected chi connectivity index (χ3v) is 4.22. The molecule has 0 aliphatic heterocycles. The van der Waals surface area contributed by atoms with Crippen LogP contribution in [-0.4, -0.2) is 19.6 Å². The largest absolute Gasteiger partial charge is 0.372 e. The van der Waals surface area contributed by atoms with Crippen molar-refractivity contribution >= 4 is 5.69 Å². The molecule has 1 aliphatic rings. The van der Waals surface area contributed by atoms with Crippen molar-refractivity contribution in [3.63, 3.8) is 0 Å². The molecule has 2 heteroatoms. The maximum Gasteiger partial charge on any atom is 0.0366 e. The van der Waals surface area contributed by atoms with Crippen LogP contribution in [0.4, 0.5) is 5.69 Å². The third kappa shape index (κ3) is 4.24. The SMILES string of the molecule is CCCNCc1ccc(N(C)C2CCCCC2)cc1. The van der Waals surface area contributed by atoms with Crippen LogP contribution in [0.25, 0.3) is 0 Å². The lowest BCUT2D eigenvalue weighted by Crippen LogP contribution is -2.33. The standard InChI is InChI=1S/C17H28N2/c1-3-13-18-14-15-9-11-17(12-10-15)19(2)16-7-5-4-6-8-16/h9-12,16,18H,3-8,13-14H2,1-2H3. The molecule has 1 N–H and O–H groups in total. The second-order valence-corrected chi connectivity index (χ2v) is 5.75. The number of rotatable bonds is 6. The fraction of sp³-hybridized carbons (Fsp3) is 0.647. The minimum absolute atomic E-state index is 0.748. The molecule has 1 aromatic rings. The van der Waals surface area contributed by atoms with Gasteiger partial charge < -0.3 is 10.2 Å². The van der Waals surface area contributed by atoms with E-state index in [0.717, 1.165) is 19.1 Å². The van der Waals surface area contributed by atoms with E-state index in [-0.39, 0.29) is 0 Å². The smallest absolute Gasteiger partial charge is 0.0366 e. The Hall–Kier alpha value is -1.02. The number of benzene rings is 1. The van der Waals surface area contributed by atoms with Crippen LogP contribution >= 0.6 is 0 Å². The Balaban J connectivity index is 1.89. The van der Waals surface area contributed by atoms with Gasteiger partial charge in [-0.25, -0.2) is 0 Å². The molecule has 0 bridgehead atoms. The summed E-state index contributed by atoms with van der Waals surface area (Å²) < 4.78 is 0. The van der Waals surface area contributed by atoms with E-state index in [1.165, 1.54) is 49.8 Å². The van der Waals surface area contributed by atoms with Gasteiger partial charge in [-0.2, -0.15) is 0 Å². The van der Waals surface area contributed by atoms with Gasteiger partial charge in [0.05, 0.1) is 0 Å². The fourth-order valence-corrected chi connectivity index (χ4v) is 2.94. The minimum Gasteiger partial charge on any atom is -0.372 e. The Labute approximate surface area is 118 Å². The maximum atomic E-state index is 3.45. The average molecular weight is 260 g/mol. The molecule has 106 valence electrons. The number of anilines is 1. The van der Waals surface area contributed by atoms with Gasteiger partial charge in [0.2, 0.25) is 0 Å². The van der Waals surface area contributed by atoms with Gasteiger partial charge in [-0.1, -0.05) is 38.3 Å². The van der Waals surface area contributed by atoms with E-state index in [0.29, 0.717) is 0 Å². The van der Waals surface area contributed by atoms with E-state index < -0.39 is 0 Å². The fourth-order valence-electron chi connectivity index (χ4n) is 2.94. The van der Waals surface area contributed by atoms with Crippen LogP contribution < -0.4 is 10.2 Å². The lowest BCUT2D eigenvalue weighted by Gasteiger charge is -2.33. The lowest BCUT2D eigenvalue weighted by atomic mass is 9.94. The van der Waals surface area contributed by atoms with Crippen LogP contribution in [0, 0.1) is 0 Å². The Morgan fingerprint density at radius 1 is 1.11 bits per heavy atom. The van der Waals surface area contributed by atoms with Gasteiger partial charge >= 0.3 is 0 Å². The molecule has 0 unspecified atom stereocenters. The van der Waals surface area contributed by atoms with Crippen molar-refractivity contribution in [2.45, 2.75) is 58.0 Å². The maximum absolute atomic E-state index is 3.45. The van der Waals surface area contributed by atoms with Gasteiger partial charge in [0.15, 0.2) is 0 Å². The van der Waals surface area contributed by atoms with E-state index in [9.17, 15) is 0 Å². The Kier molecular flexibility index (Phi) is 5.71. The molecule has 0 radical (unpaired) electrons. The molecule has 0 amide bonds. The molecule has 1 aliphatic carbocycles. The molecule has 0 saturated heterocycles. The molecule has 2 nitrogen and oxygen atoms in total. The van der Waals surface area contributed by atoms with Crippen LogP contribution in [-0.2, 0) is 6.54 Å². The van der Waals surface area contributed by atoms with E-state index in [1.54, 1.807) is 0 Å². The normalized spacial score (nSPS) is 16.5. The zero-order valence-electron chi connectivity index (χ0n) is 12.5. The lowest BCUT2D eigenvalue weighted by molar-refractivity contribution is 0.427. The highest BCUT2D eigenvalue weighted by Gasteiger charge is 2.17. The van der Waals surface area contributed by atoms with E-state index in [4.69, 9.17) is 0 Å². The van der Waals surface area contributed by atoms with E-state index in [1.807, 2.05) is 0 Å². The molecule has 0 aromatic heterocycles. The summed E-state index contributed by atoms with van der Waals surface area (Å²) in [5, 5.41) is 3.45. The topological polar surface area (TPSA) is 15.3 Å². The van der Waals surface area contributed by atoms with Gasteiger partial charge in [-0.15, -0.1) is 0 Å². The molecule has 1 aromatic carbocycles. The van der Waals surface area contributed by atoms with Gasteiger partial charge in [0.1, 0.15) is 0 Å². The van der Waals surface area contributed by atoms with Crippen molar-refractivity contribution in [2.24, 2.45) is 0 Å². The Morgan fingerprint density at radius 2 is 1.79 bits per heavy atom. The number of nitrogens with one attached hydrogen (secondary N) is 1. The predicted molar refractivity (Wildman–Crippen MR) is 83.7 cm³/mol. The van der Waals surface area contributed by atoms with Crippen molar-refractivity contribution in [1.29, 1.82) is 0 Å². The van der Waals surface area contributed by atoms with E-state index in [2.05, 4.69) is 48.5 Å². The van der Waals surface area contributed by atoms with E-state index >= 15 is 0 Å². The summed E-state index contributed by atoms with van der Waals surface area (Å²) in [6.45, 7) is 4.29. The number of nitrogens with zero attached hydrogens (tertiary/aromatic N) is 1. The Bertz CT molecular complexity index is 352. The minimum atomic E-state index is 0.748. The zero-order valence-corrected chi connectivity index (χ0v) is 12.5. The summed E-state index contributed by atoms with van der Waals surface area (Å²) >= 11 is 0. The summed E-state index contributed by atoms with van der Waals surface area (Å²) in [6, 6.07) is 9.82. The molecular formula is C17H28N2. The number of hydrogen-bond acceptors (Lipinski definition) is 2. The van der Waals surface area contributed by atoms with Gasteiger partial charge in [0.25, 0.3) is 0 Å². The summed E-state index contributed by atoms with van der Waals surface area (Å²) in [7, 11) is 2.25. The highest BCUT2D eigenvalue weighted by atomic mass is 15.1. The summed E-state index contributed by atoms with van der Waals surface area (Å²) in [5.41, 5.74) is 2.75. The summed E-state index contributed by atoms with van der Waals surface area (Å²) in [5.74, 6) is 0. The van der Waals surface area contributed by atoms with Crippen molar-refractivity contribution in [3.05, 3.63) is 29.8 Å². The summed E-state index contributed by atoms with van der Waals surface area (Å²) in [6.07, 6.45) is 8.13. The molecular weight excluding hydrogens is 232 g/mol. The first kappa shape index (κ1) is 14.4. The second kappa shape index (κ2) is 7.54. The molecule has 0 heterocycles. The van der Waals surface area contributed by atoms with Gasteiger partial charge in [-0.3, -0.25) is 0 Å². The molecule has 0 spiro atoms. The first-order chi connectivity index (χ1) is 9.31. The van der Waals surface area contributed by atoms with Gasteiger partial charge in [-0.05, 0) is 43.5 Å². The first-order valence-electron chi connectivity index (χ1n) is 7.83. The molecule has 1 saturated carbocycles. The van der Waals surface area contributed by atoms with Crippen molar-refractivity contribution in [2.75, 3.05) is 18.5 Å². The van der Waals surface area contributed by atoms with Crippen LogP contribution in [0.5, 0.6) is 0 Å². The van der Waals surface area contributed by atoms with Crippen molar-refractivity contribution < 1.29 is 0 Å². The highest BCUT2D eigenvalue weighted by molar-refractivity contribution is 5.47. The third-order valence-electron chi connectivity index (χ3n) is 4.22. The van der Waals surface area contributed by atoms with Crippen LogP contribution in [0.2, 0.25) is 0 Å². The first-order valence-corrected chi connectivity index (χ1v) is 7.83. The van der Waals surface area contributed by atoms with Crippen LogP contribution in [0.15, 0.2) is 24.3 Å². The van der Waals surface area contributed by atoms with Crippen molar-refractivity contribution in [3.8, 4) is 0 Å². The molecule has 1 fully saturated rings. The Morgan fingerprint density at radius 3 is 2.42 bits per heavy atom. The van der Waals surface area contributed by atoms with Crippen LogP contribution in [0.1, 0.15) is 51.0 Å².